The van der Waals surface area contributed by atoms with Crippen molar-refractivity contribution < 1.29 is 59.9 Å². The predicted molar refractivity (Wildman–Crippen MR) is 144 cm³/mol. The molecule has 3 heterocycles. The van der Waals surface area contributed by atoms with Crippen LogP contribution in [0.2, 0.25) is 0 Å². The number of allylic oxidation sites excluding steroid dienone is 4. The van der Waals surface area contributed by atoms with Crippen molar-refractivity contribution in [1.82, 2.24) is 0 Å². The molecule has 4 unspecified atom stereocenters. The summed E-state index contributed by atoms with van der Waals surface area (Å²) in [4.78, 5) is 24.8. The Kier molecular flexibility index (Phi) is 14.5. The van der Waals surface area contributed by atoms with Crippen molar-refractivity contribution in [3.05, 3.63) is 34.9 Å². The first-order valence-electron chi connectivity index (χ1n) is 12.7. The maximum atomic E-state index is 12.4. The summed E-state index contributed by atoms with van der Waals surface area (Å²) in [6.45, 7) is 9.05. The van der Waals surface area contributed by atoms with Gasteiger partial charge in [-0.3, -0.25) is 0 Å². The van der Waals surface area contributed by atoms with Crippen LogP contribution < -0.4 is 0 Å². The molecule has 2 saturated heterocycles. The Labute approximate surface area is 239 Å². The van der Waals surface area contributed by atoms with E-state index in [0.29, 0.717) is 22.6 Å². The molecule has 6 nitrogen and oxygen atoms in total. The second kappa shape index (κ2) is 15.5. The van der Waals surface area contributed by atoms with Crippen LogP contribution in [0.4, 0.5) is 13.2 Å². The van der Waals surface area contributed by atoms with E-state index in [1.54, 1.807) is 0 Å². The summed E-state index contributed by atoms with van der Waals surface area (Å²) in [6.07, 6.45) is 18.8. The molecule has 1 radical (unpaired) electrons. The van der Waals surface area contributed by atoms with Gasteiger partial charge in [0.2, 0.25) is 10.6 Å². The minimum atomic E-state index is -6.09. The standard InChI is InChI=1S/C16H24O3P2.C8H12.CHF3O3S.Rh/c1-9-5-6-10(2)20(9)13-14(16(18)19-15(13)17)21-11(3)7-8-12(21)4;1-2-4-6-8-7-5-3-1;2-1(3,4)8(5,6)7;/h9-12H,5-8H2,1-4H3;1-2,7-8H,3-6H2;(H,5,6,7);/p+1. The van der Waals surface area contributed by atoms with Crippen molar-refractivity contribution in [3.63, 3.8) is 0 Å². The maximum absolute atomic E-state index is 12.4. The summed E-state index contributed by atoms with van der Waals surface area (Å²) in [5.74, 6) is -0.568. The molecule has 0 amide bonds. The summed E-state index contributed by atoms with van der Waals surface area (Å²) in [6, 6.07) is 0. The number of hydrogen-bond acceptors (Lipinski definition) is 6. The van der Waals surface area contributed by atoms with Crippen LogP contribution in [0.3, 0.4) is 0 Å². The quantitative estimate of drug-likeness (QED) is 0.0619. The number of carbonyl (C=O) groups excluding carboxylic acids is 2. The number of ether oxygens (including phenoxy) is 1. The third kappa shape index (κ3) is 9.58. The van der Waals surface area contributed by atoms with Crippen molar-refractivity contribution >= 4 is 37.9 Å². The Morgan fingerprint density at radius 1 is 0.737 bits per heavy atom. The minimum absolute atomic E-state index is 0. The molecule has 0 spiro atoms. The Balaban J connectivity index is 0.000000352. The van der Waals surface area contributed by atoms with Gasteiger partial charge in [0.25, 0.3) is 0 Å². The van der Waals surface area contributed by atoms with Crippen LogP contribution >= 0.6 is 15.8 Å². The number of esters is 2. The fourth-order valence-electron chi connectivity index (χ4n) is 5.35. The third-order valence-corrected chi connectivity index (χ3v) is 15.5. The average Bonchev–Trinajstić information content (AvgIpc) is 3.35. The molecule has 0 aromatic carbocycles. The molecule has 0 bridgehead atoms. The first kappa shape index (κ1) is 35.6. The van der Waals surface area contributed by atoms with Gasteiger partial charge in [-0.25, -0.2) is 18.0 Å². The molecule has 1 aliphatic carbocycles. The number of halogens is 3. The summed E-state index contributed by atoms with van der Waals surface area (Å²) < 4.78 is 64.0. The normalized spacial score (nSPS) is 31.4. The van der Waals surface area contributed by atoms with Gasteiger partial charge in [0.1, 0.15) is 0 Å². The molecule has 4 atom stereocenters. The SMILES string of the molecule is C1=CCCC=CCC1.CC1CCC(C)[PH+]1C1=C([PH+]2C(C)CCC2C)C(=O)OC1=O.O=S(=O)([O-])C(F)(F)F.[Rh]. The van der Waals surface area contributed by atoms with Gasteiger partial charge in [0, 0.05) is 19.5 Å². The van der Waals surface area contributed by atoms with E-state index in [1.165, 1.54) is 51.4 Å². The summed E-state index contributed by atoms with van der Waals surface area (Å²) in [7, 11) is -7.99. The average molecular weight is 688 g/mol. The Bertz CT molecular complexity index is 939. The molecule has 219 valence electrons. The zero-order valence-corrected chi connectivity index (χ0v) is 26.6. The fourth-order valence-corrected chi connectivity index (χ4v) is 13.4. The van der Waals surface area contributed by atoms with Crippen LogP contribution in [-0.4, -0.2) is 53.1 Å². The van der Waals surface area contributed by atoms with Crippen molar-refractivity contribution in [3.8, 4) is 0 Å². The van der Waals surface area contributed by atoms with Crippen LogP contribution in [0.5, 0.6) is 0 Å². The molecule has 4 aliphatic rings. The van der Waals surface area contributed by atoms with Gasteiger partial charge in [-0.1, -0.05) is 24.3 Å². The number of alkyl halides is 3. The molecule has 0 aromatic rings. The predicted octanol–water partition coefficient (Wildman–Crippen LogP) is 6.57. The van der Waals surface area contributed by atoms with Crippen molar-refractivity contribution in [1.29, 1.82) is 0 Å². The summed E-state index contributed by atoms with van der Waals surface area (Å²) >= 11 is 0. The number of cyclic esters (lactones) is 2. The molecular formula is C25H38F3O6P2RhS+. The van der Waals surface area contributed by atoms with E-state index in [1.807, 2.05) is 0 Å². The minimum Gasteiger partial charge on any atom is -0.741 e. The first-order valence-corrected chi connectivity index (χ1v) is 17.5. The van der Waals surface area contributed by atoms with Crippen LogP contribution in [0.25, 0.3) is 0 Å². The van der Waals surface area contributed by atoms with Crippen molar-refractivity contribution in [2.24, 2.45) is 0 Å². The maximum Gasteiger partial charge on any atom is 0.485 e. The van der Waals surface area contributed by atoms with E-state index in [2.05, 4.69) is 52.0 Å². The number of carbonyl (C=O) groups is 2. The summed E-state index contributed by atoms with van der Waals surface area (Å²) in [5, 5.41) is 1.77. The van der Waals surface area contributed by atoms with Gasteiger partial charge in [-0.15, -0.1) is 0 Å². The van der Waals surface area contributed by atoms with E-state index in [4.69, 9.17) is 17.7 Å². The molecule has 4 rings (SSSR count). The third-order valence-electron chi connectivity index (χ3n) is 7.23. The van der Waals surface area contributed by atoms with Crippen molar-refractivity contribution in [2.45, 2.75) is 107 Å². The molecule has 0 N–H and O–H groups in total. The molecule has 0 aromatic heterocycles. The Morgan fingerprint density at radius 3 is 1.18 bits per heavy atom. The van der Waals surface area contributed by atoms with Gasteiger partial charge in [-0.2, -0.15) is 13.2 Å². The van der Waals surface area contributed by atoms with Gasteiger partial charge in [-0.05, 0) is 79.1 Å². The van der Waals surface area contributed by atoms with Crippen LogP contribution in [0.1, 0.15) is 79.1 Å². The smallest absolute Gasteiger partial charge is 0.485 e. The van der Waals surface area contributed by atoms with E-state index in [-0.39, 0.29) is 31.4 Å². The number of rotatable bonds is 2. The molecular weight excluding hydrogens is 650 g/mol. The topological polar surface area (TPSA) is 101 Å². The zero-order chi connectivity index (χ0) is 28.0. The van der Waals surface area contributed by atoms with Crippen LogP contribution in [-0.2, 0) is 43.9 Å². The molecule has 2 fully saturated rings. The first-order chi connectivity index (χ1) is 17.2. The molecule has 0 saturated carbocycles. The van der Waals surface area contributed by atoms with Gasteiger partial charge in [0.15, 0.2) is 10.1 Å². The largest absolute Gasteiger partial charge is 0.741 e. The van der Waals surface area contributed by atoms with Gasteiger partial charge >= 0.3 is 17.4 Å². The molecule has 13 heteroatoms. The monoisotopic (exact) mass is 688 g/mol. The van der Waals surface area contributed by atoms with E-state index in [9.17, 15) is 22.8 Å². The van der Waals surface area contributed by atoms with Gasteiger partial charge < -0.3 is 9.29 Å². The molecule has 3 aliphatic heterocycles. The van der Waals surface area contributed by atoms with Crippen molar-refractivity contribution in [2.75, 3.05) is 0 Å². The van der Waals surface area contributed by atoms with Crippen LogP contribution in [0, 0.1) is 0 Å². The van der Waals surface area contributed by atoms with E-state index in [0.717, 1.165) is 10.6 Å². The van der Waals surface area contributed by atoms with Gasteiger partial charge in [0.05, 0.1) is 38.5 Å². The molecule has 38 heavy (non-hydrogen) atoms. The number of hydrogen-bond donors (Lipinski definition) is 0. The fraction of sp³-hybridized carbons (Fsp3) is 0.680. The summed E-state index contributed by atoms with van der Waals surface area (Å²) in [5.41, 5.74) is -3.30. The second-order valence-corrected chi connectivity index (χ2v) is 18.2. The van der Waals surface area contributed by atoms with E-state index < -0.39 is 31.5 Å². The Morgan fingerprint density at radius 2 is 0.974 bits per heavy atom. The Hall–Kier alpha value is -0.457. The van der Waals surface area contributed by atoms with Crippen LogP contribution in [0.15, 0.2) is 34.9 Å². The second-order valence-electron chi connectivity index (χ2n) is 10.1. The van der Waals surface area contributed by atoms with E-state index >= 15 is 0 Å². The zero-order valence-electron chi connectivity index (χ0n) is 22.1.